The van der Waals surface area contributed by atoms with Gasteiger partial charge >= 0.3 is 5.97 Å². The van der Waals surface area contributed by atoms with Crippen LogP contribution in [0.4, 0.5) is 13.2 Å². The fourth-order valence-electron chi connectivity index (χ4n) is 5.44. The molecule has 1 aromatic carbocycles. The predicted octanol–water partition coefficient (Wildman–Crippen LogP) is 7.98. The lowest BCUT2D eigenvalue weighted by Crippen LogP contribution is -2.26. The summed E-state index contributed by atoms with van der Waals surface area (Å²) in [7, 11) is 0. The molecule has 0 heterocycles. The lowest BCUT2D eigenvalue weighted by molar-refractivity contribution is -0.140. The Bertz CT molecular complexity index is 682. The van der Waals surface area contributed by atoms with Crippen LogP contribution in [-0.2, 0) is 4.79 Å². The molecule has 2 saturated carbocycles. The van der Waals surface area contributed by atoms with Gasteiger partial charge in [0.1, 0.15) is 5.75 Å². The number of hydrogen-bond acceptors (Lipinski definition) is 2. The Kier molecular flexibility index (Phi) is 9.28. The van der Waals surface area contributed by atoms with Gasteiger partial charge in [-0.2, -0.15) is 0 Å². The van der Waals surface area contributed by atoms with Gasteiger partial charge in [0.15, 0.2) is 17.5 Å². The van der Waals surface area contributed by atoms with Gasteiger partial charge in [-0.3, -0.25) is 4.79 Å². The molecule has 2 aliphatic rings. The van der Waals surface area contributed by atoms with Crippen LogP contribution < -0.4 is 4.74 Å². The number of benzene rings is 1. The van der Waals surface area contributed by atoms with Crippen molar-refractivity contribution in [2.75, 3.05) is 0 Å². The number of carbonyl (C=O) groups is 1. The smallest absolute Gasteiger partial charge is 0.314 e. The Hall–Kier alpha value is -1.52. The molecule has 0 amide bonds. The van der Waals surface area contributed by atoms with Gasteiger partial charge in [0.05, 0.1) is 5.92 Å². The summed E-state index contributed by atoms with van der Waals surface area (Å²) >= 11 is 0. The SMILES string of the molecule is CCCCCC1CCC(CCC2CCC(C(=O)Oc3cc(F)c(F)c(F)c3)CC2)CC1. The third kappa shape index (κ3) is 7.25. The lowest BCUT2D eigenvalue weighted by atomic mass is 9.75. The van der Waals surface area contributed by atoms with E-state index in [2.05, 4.69) is 6.92 Å². The zero-order chi connectivity index (χ0) is 22.2. The van der Waals surface area contributed by atoms with Gasteiger partial charge in [0, 0.05) is 12.1 Å². The molecule has 2 aliphatic carbocycles. The summed E-state index contributed by atoms with van der Waals surface area (Å²) in [5.41, 5.74) is 0. The first-order valence-electron chi connectivity index (χ1n) is 12.3. The van der Waals surface area contributed by atoms with Crippen LogP contribution in [0.1, 0.15) is 96.8 Å². The van der Waals surface area contributed by atoms with E-state index >= 15 is 0 Å². The molecule has 0 radical (unpaired) electrons. The van der Waals surface area contributed by atoms with Crippen molar-refractivity contribution in [3.63, 3.8) is 0 Å². The quantitative estimate of drug-likeness (QED) is 0.169. The predicted molar refractivity (Wildman–Crippen MR) is 116 cm³/mol. The Morgan fingerprint density at radius 3 is 1.81 bits per heavy atom. The third-order valence-corrected chi connectivity index (χ3v) is 7.52. The number of hydrogen-bond donors (Lipinski definition) is 0. The molecule has 0 unspecified atom stereocenters. The fourth-order valence-corrected chi connectivity index (χ4v) is 5.44. The largest absolute Gasteiger partial charge is 0.426 e. The molecule has 2 fully saturated rings. The van der Waals surface area contributed by atoms with Crippen molar-refractivity contribution < 1.29 is 22.7 Å². The molecular weight excluding hydrogens is 401 g/mol. The maximum atomic E-state index is 13.3. The van der Waals surface area contributed by atoms with Crippen LogP contribution >= 0.6 is 0 Å². The van der Waals surface area contributed by atoms with Crippen LogP contribution in [0.2, 0.25) is 0 Å². The van der Waals surface area contributed by atoms with Crippen LogP contribution in [0.5, 0.6) is 5.75 Å². The van der Waals surface area contributed by atoms with Crippen molar-refractivity contribution in [3.8, 4) is 5.75 Å². The van der Waals surface area contributed by atoms with E-state index in [0.717, 1.165) is 49.7 Å². The van der Waals surface area contributed by atoms with Crippen molar-refractivity contribution in [3.05, 3.63) is 29.6 Å². The molecular formula is C26H37F3O2. The monoisotopic (exact) mass is 438 g/mol. The summed E-state index contributed by atoms with van der Waals surface area (Å²) in [6, 6.07) is 1.45. The molecule has 0 N–H and O–H groups in total. The first kappa shape index (κ1) is 24.1. The molecule has 0 aliphatic heterocycles. The minimum absolute atomic E-state index is 0.244. The van der Waals surface area contributed by atoms with E-state index in [4.69, 9.17) is 4.74 Å². The Labute approximate surface area is 184 Å². The minimum Gasteiger partial charge on any atom is -0.426 e. The molecule has 0 aromatic heterocycles. The third-order valence-electron chi connectivity index (χ3n) is 7.52. The average Bonchev–Trinajstić information content (AvgIpc) is 2.77. The fraction of sp³-hybridized carbons (Fsp3) is 0.731. The zero-order valence-electron chi connectivity index (χ0n) is 18.8. The van der Waals surface area contributed by atoms with Gasteiger partial charge in [-0.15, -0.1) is 0 Å². The van der Waals surface area contributed by atoms with E-state index in [1.54, 1.807) is 0 Å². The Balaban J connectivity index is 1.33. The van der Waals surface area contributed by atoms with Gasteiger partial charge in [0.25, 0.3) is 0 Å². The number of unbranched alkanes of at least 4 members (excludes halogenated alkanes) is 2. The normalized spacial score (nSPS) is 26.6. The van der Waals surface area contributed by atoms with E-state index in [0.29, 0.717) is 5.92 Å². The van der Waals surface area contributed by atoms with Crippen molar-refractivity contribution in [1.82, 2.24) is 0 Å². The second-order valence-corrected chi connectivity index (χ2v) is 9.80. The van der Waals surface area contributed by atoms with Gasteiger partial charge in [-0.1, -0.05) is 71.1 Å². The highest BCUT2D eigenvalue weighted by Gasteiger charge is 2.29. The number of carbonyl (C=O) groups excluding carboxylic acids is 1. The van der Waals surface area contributed by atoms with E-state index in [1.807, 2.05) is 0 Å². The van der Waals surface area contributed by atoms with Gasteiger partial charge in [-0.05, 0) is 43.4 Å². The number of ether oxygens (including phenoxy) is 1. The second-order valence-electron chi connectivity index (χ2n) is 9.80. The van der Waals surface area contributed by atoms with Crippen LogP contribution in [0, 0.1) is 41.1 Å². The molecule has 31 heavy (non-hydrogen) atoms. The summed E-state index contributed by atoms with van der Waals surface area (Å²) in [4.78, 5) is 12.4. The van der Waals surface area contributed by atoms with Crippen molar-refractivity contribution in [2.24, 2.45) is 23.7 Å². The summed E-state index contributed by atoms with van der Waals surface area (Å²) in [6.45, 7) is 2.26. The highest BCUT2D eigenvalue weighted by Crippen LogP contribution is 2.38. The maximum Gasteiger partial charge on any atom is 0.314 e. The van der Waals surface area contributed by atoms with Crippen LogP contribution in [0.15, 0.2) is 12.1 Å². The van der Waals surface area contributed by atoms with Crippen LogP contribution in [0.3, 0.4) is 0 Å². The van der Waals surface area contributed by atoms with Gasteiger partial charge in [-0.25, -0.2) is 13.2 Å². The number of esters is 1. The topological polar surface area (TPSA) is 26.3 Å². The molecule has 3 rings (SSSR count). The lowest BCUT2D eigenvalue weighted by Gasteiger charge is -2.31. The first-order chi connectivity index (χ1) is 15.0. The van der Waals surface area contributed by atoms with Crippen molar-refractivity contribution >= 4 is 5.97 Å². The van der Waals surface area contributed by atoms with Crippen LogP contribution in [0.25, 0.3) is 0 Å². The Morgan fingerprint density at radius 1 is 0.806 bits per heavy atom. The molecule has 2 nitrogen and oxygen atoms in total. The molecule has 5 heteroatoms. The summed E-state index contributed by atoms with van der Waals surface area (Å²) in [5, 5.41) is 0. The molecule has 1 aromatic rings. The van der Waals surface area contributed by atoms with E-state index < -0.39 is 23.4 Å². The molecule has 174 valence electrons. The second kappa shape index (κ2) is 11.9. The molecule has 0 atom stereocenters. The van der Waals surface area contributed by atoms with E-state index in [9.17, 15) is 18.0 Å². The summed E-state index contributed by atoms with van der Waals surface area (Å²) in [6.07, 6.45) is 17.1. The van der Waals surface area contributed by atoms with Crippen molar-refractivity contribution in [1.29, 1.82) is 0 Å². The highest BCUT2D eigenvalue weighted by molar-refractivity contribution is 5.75. The van der Waals surface area contributed by atoms with E-state index in [1.165, 1.54) is 64.2 Å². The highest BCUT2D eigenvalue weighted by atomic mass is 19.2. The Morgan fingerprint density at radius 2 is 1.29 bits per heavy atom. The molecule has 0 spiro atoms. The zero-order valence-corrected chi connectivity index (χ0v) is 18.8. The summed E-state index contributed by atoms with van der Waals surface area (Å²) in [5.74, 6) is -2.74. The average molecular weight is 439 g/mol. The standard InChI is InChI=1S/C26H37F3O2/c1-2-3-4-5-18-6-8-19(9-7-18)10-11-20-12-14-21(15-13-20)26(30)31-22-16-23(27)25(29)24(28)17-22/h16-21H,2-15H2,1H3. The molecule has 0 bridgehead atoms. The van der Waals surface area contributed by atoms with Crippen molar-refractivity contribution in [2.45, 2.75) is 96.8 Å². The maximum absolute atomic E-state index is 13.3. The molecule has 0 saturated heterocycles. The van der Waals surface area contributed by atoms with Crippen LogP contribution in [-0.4, -0.2) is 5.97 Å². The number of halogens is 3. The summed E-state index contributed by atoms with van der Waals surface area (Å²) < 4.78 is 44.8. The number of rotatable bonds is 9. The van der Waals surface area contributed by atoms with Gasteiger partial charge in [0.2, 0.25) is 0 Å². The van der Waals surface area contributed by atoms with Gasteiger partial charge < -0.3 is 4.74 Å². The first-order valence-corrected chi connectivity index (χ1v) is 12.3. The minimum atomic E-state index is -1.55. The van der Waals surface area contributed by atoms with E-state index in [-0.39, 0.29) is 11.7 Å².